The summed E-state index contributed by atoms with van der Waals surface area (Å²) in [6.45, 7) is 2.03. The van der Waals surface area contributed by atoms with Crippen LogP contribution in [0, 0.1) is 6.92 Å². The predicted molar refractivity (Wildman–Crippen MR) is 102 cm³/mol. The fourth-order valence-corrected chi connectivity index (χ4v) is 2.73. The molecule has 0 radical (unpaired) electrons. The Hall–Kier alpha value is -3.67. The van der Waals surface area contributed by atoms with Crippen LogP contribution in [-0.2, 0) is 0 Å². The average Bonchev–Trinajstić information content (AvgIpc) is 3.30. The van der Waals surface area contributed by atoms with Crippen LogP contribution in [0.5, 0.6) is 0 Å². The lowest BCUT2D eigenvalue weighted by Gasteiger charge is -1.96. The fourth-order valence-electron chi connectivity index (χ4n) is 2.73. The largest absolute Gasteiger partial charge is 0.361 e. The van der Waals surface area contributed by atoms with E-state index in [1.807, 2.05) is 61.7 Å². The Kier molecular flexibility index (Phi) is 4.07. The molecule has 0 aliphatic heterocycles. The van der Waals surface area contributed by atoms with E-state index in [1.54, 1.807) is 12.3 Å². The molecule has 2 heterocycles. The van der Waals surface area contributed by atoms with Gasteiger partial charge in [0.05, 0.1) is 11.9 Å². The number of amides is 1. The van der Waals surface area contributed by atoms with Crippen LogP contribution in [0.4, 0.5) is 0 Å². The molecule has 4 rings (SSSR count). The van der Waals surface area contributed by atoms with Gasteiger partial charge < -0.3 is 4.98 Å². The highest BCUT2D eigenvalue weighted by Gasteiger charge is 2.10. The van der Waals surface area contributed by atoms with E-state index < -0.39 is 0 Å². The molecule has 0 unspecified atom stereocenters. The zero-order chi connectivity index (χ0) is 17.9. The number of aryl methyl sites for hydroxylation is 1. The number of carbonyl (C=O) groups is 1. The first-order chi connectivity index (χ1) is 12.7. The van der Waals surface area contributed by atoms with Gasteiger partial charge in [0.1, 0.15) is 5.69 Å². The number of fused-ring (bicyclic) bond motifs is 1. The van der Waals surface area contributed by atoms with Gasteiger partial charge in [-0.1, -0.05) is 48.0 Å². The van der Waals surface area contributed by atoms with E-state index in [0.717, 1.165) is 27.7 Å². The zero-order valence-electron chi connectivity index (χ0n) is 14.2. The van der Waals surface area contributed by atoms with Crippen molar-refractivity contribution in [3.05, 3.63) is 77.6 Å². The summed E-state index contributed by atoms with van der Waals surface area (Å²) in [6, 6.07) is 17.6. The van der Waals surface area contributed by atoms with E-state index >= 15 is 0 Å². The molecule has 6 heteroatoms. The zero-order valence-corrected chi connectivity index (χ0v) is 14.2. The number of aromatic nitrogens is 3. The minimum Gasteiger partial charge on any atom is -0.361 e. The number of hydrazone groups is 1. The van der Waals surface area contributed by atoms with Gasteiger partial charge in [-0.25, -0.2) is 5.43 Å². The first-order valence-corrected chi connectivity index (χ1v) is 8.23. The maximum absolute atomic E-state index is 12.2. The summed E-state index contributed by atoms with van der Waals surface area (Å²) in [5.41, 5.74) is 7.66. The maximum Gasteiger partial charge on any atom is 0.289 e. The second-order valence-corrected chi connectivity index (χ2v) is 6.02. The van der Waals surface area contributed by atoms with Crippen LogP contribution in [0.1, 0.15) is 21.6 Å². The second-order valence-electron chi connectivity index (χ2n) is 6.02. The van der Waals surface area contributed by atoms with Crippen LogP contribution in [0.3, 0.4) is 0 Å². The molecule has 0 saturated heterocycles. The lowest BCUT2D eigenvalue weighted by Crippen LogP contribution is -2.17. The van der Waals surface area contributed by atoms with Crippen molar-refractivity contribution < 1.29 is 4.79 Å². The van der Waals surface area contributed by atoms with Gasteiger partial charge in [-0.3, -0.25) is 9.89 Å². The van der Waals surface area contributed by atoms with E-state index in [9.17, 15) is 4.79 Å². The van der Waals surface area contributed by atoms with Crippen molar-refractivity contribution in [2.75, 3.05) is 0 Å². The van der Waals surface area contributed by atoms with Gasteiger partial charge in [-0.05, 0) is 19.1 Å². The molecular formula is C20H17N5O. The Labute approximate surface area is 150 Å². The third-order valence-electron chi connectivity index (χ3n) is 4.16. The normalized spacial score (nSPS) is 11.3. The third kappa shape index (κ3) is 3.12. The number of aromatic amines is 2. The lowest BCUT2D eigenvalue weighted by molar-refractivity contribution is 0.0950. The Bertz CT molecular complexity index is 1090. The number of rotatable bonds is 4. The van der Waals surface area contributed by atoms with Crippen LogP contribution >= 0.6 is 0 Å². The molecule has 2 aromatic carbocycles. The summed E-state index contributed by atoms with van der Waals surface area (Å²) >= 11 is 0. The van der Waals surface area contributed by atoms with Gasteiger partial charge in [0.25, 0.3) is 5.91 Å². The number of hydrogen-bond acceptors (Lipinski definition) is 3. The van der Waals surface area contributed by atoms with Gasteiger partial charge in [0.15, 0.2) is 0 Å². The second kappa shape index (κ2) is 6.68. The highest BCUT2D eigenvalue weighted by molar-refractivity contribution is 6.00. The van der Waals surface area contributed by atoms with Gasteiger partial charge >= 0.3 is 0 Å². The Morgan fingerprint density at radius 2 is 1.96 bits per heavy atom. The predicted octanol–water partition coefficient (Wildman–Crippen LogP) is 3.63. The molecule has 1 amide bonds. The molecule has 2 aromatic heterocycles. The van der Waals surface area contributed by atoms with Gasteiger partial charge in [-0.15, -0.1) is 0 Å². The molecule has 4 aromatic rings. The van der Waals surface area contributed by atoms with Crippen LogP contribution in [0.2, 0.25) is 0 Å². The summed E-state index contributed by atoms with van der Waals surface area (Å²) in [6.07, 6.45) is 3.47. The molecule has 6 nitrogen and oxygen atoms in total. The van der Waals surface area contributed by atoms with Gasteiger partial charge in [-0.2, -0.15) is 10.2 Å². The molecule has 0 aliphatic rings. The van der Waals surface area contributed by atoms with E-state index in [-0.39, 0.29) is 5.91 Å². The fraction of sp³-hybridized carbons (Fsp3) is 0.0500. The Morgan fingerprint density at radius 1 is 1.15 bits per heavy atom. The number of H-pyrrole nitrogens is 2. The maximum atomic E-state index is 12.2. The van der Waals surface area contributed by atoms with E-state index in [0.29, 0.717) is 5.69 Å². The first kappa shape index (κ1) is 15.8. The van der Waals surface area contributed by atoms with Crippen molar-refractivity contribution in [1.29, 1.82) is 0 Å². The van der Waals surface area contributed by atoms with Crippen LogP contribution in [-0.4, -0.2) is 27.3 Å². The van der Waals surface area contributed by atoms with Crippen LogP contribution in [0.25, 0.3) is 22.2 Å². The lowest BCUT2D eigenvalue weighted by atomic mass is 10.1. The van der Waals surface area contributed by atoms with Crippen molar-refractivity contribution in [2.24, 2.45) is 5.10 Å². The quantitative estimate of drug-likeness (QED) is 0.390. The number of para-hydroxylation sites is 1. The number of hydrogen-bond donors (Lipinski definition) is 3. The molecule has 3 N–H and O–H groups in total. The summed E-state index contributed by atoms with van der Waals surface area (Å²) in [5.74, 6) is -0.341. The molecule has 0 fully saturated rings. The highest BCUT2D eigenvalue weighted by atomic mass is 16.2. The van der Waals surface area contributed by atoms with Gasteiger partial charge in [0.2, 0.25) is 0 Å². The standard InChI is InChI=1S/C20H17N5O/c1-13-6-8-14(9-7-13)18-10-19(24-23-18)20(26)25-22-12-15-11-21-17-5-3-2-4-16(15)17/h2-12,21H,1H3,(H,23,24)(H,25,26). The smallest absolute Gasteiger partial charge is 0.289 e. The highest BCUT2D eigenvalue weighted by Crippen LogP contribution is 2.18. The number of nitrogens with one attached hydrogen (secondary N) is 3. The average molecular weight is 343 g/mol. The van der Waals surface area contributed by atoms with E-state index in [1.165, 1.54) is 5.56 Å². The monoisotopic (exact) mass is 343 g/mol. The SMILES string of the molecule is Cc1ccc(-c2cc(C(=O)NN=Cc3c[nH]c4ccccc34)[nH]n2)cc1. The van der Waals surface area contributed by atoms with Gasteiger partial charge in [0, 0.05) is 28.2 Å². The molecule has 0 bridgehead atoms. The molecule has 0 spiro atoms. The Balaban J connectivity index is 1.46. The summed E-state index contributed by atoms with van der Waals surface area (Å²) in [4.78, 5) is 15.4. The summed E-state index contributed by atoms with van der Waals surface area (Å²) < 4.78 is 0. The minimum atomic E-state index is -0.341. The topological polar surface area (TPSA) is 85.9 Å². The van der Waals surface area contributed by atoms with Crippen molar-refractivity contribution >= 4 is 23.0 Å². The van der Waals surface area contributed by atoms with E-state index in [4.69, 9.17) is 0 Å². The molecule has 0 saturated carbocycles. The molecule has 26 heavy (non-hydrogen) atoms. The first-order valence-electron chi connectivity index (χ1n) is 8.23. The number of carbonyl (C=O) groups excluding carboxylic acids is 1. The van der Waals surface area contributed by atoms with Crippen LogP contribution in [0.15, 0.2) is 65.9 Å². The van der Waals surface area contributed by atoms with Crippen LogP contribution < -0.4 is 5.43 Å². The molecular weight excluding hydrogens is 326 g/mol. The van der Waals surface area contributed by atoms with Crippen molar-refractivity contribution in [1.82, 2.24) is 20.6 Å². The number of benzene rings is 2. The number of nitrogens with zero attached hydrogens (tertiary/aromatic N) is 2. The minimum absolute atomic E-state index is 0.341. The molecule has 0 aliphatic carbocycles. The summed E-state index contributed by atoms with van der Waals surface area (Å²) in [7, 11) is 0. The molecule has 128 valence electrons. The van der Waals surface area contributed by atoms with Crippen molar-refractivity contribution in [2.45, 2.75) is 6.92 Å². The third-order valence-corrected chi connectivity index (χ3v) is 4.16. The Morgan fingerprint density at radius 3 is 2.81 bits per heavy atom. The molecule has 0 atom stereocenters. The van der Waals surface area contributed by atoms with Crippen molar-refractivity contribution in [3.8, 4) is 11.3 Å². The summed E-state index contributed by atoms with van der Waals surface area (Å²) in [5, 5.41) is 12.0. The van der Waals surface area contributed by atoms with E-state index in [2.05, 4.69) is 25.7 Å². The van der Waals surface area contributed by atoms with Crippen molar-refractivity contribution in [3.63, 3.8) is 0 Å².